The van der Waals surface area contributed by atoms with Crippen LogP contribution >= 0.6 is 0 Å². The second kappa shape index (κ2) is 6.22. The number of nitrogens with zero attached hydrogens (tertiary/aromatic N) is 2. The third-order valence-electron chi connectivity index (χ3n) is 3.80. The molecule has 5 nitrogen and oxygen atoms in total. The molecule has 1 fully saturated rings. The van der Waals surface area contributed by atoms with Crippen molar-refractivity contribution in [2.24, 2.45) is 0 Å². The zero-order valence-corrected chi connectivity index (χ0v) is 12.5. The van der Waals surface area contributed by atoms with Crippen molar-refractivity contribution in [2.75, 3.05) is 13.2 Å². The van der Waals surface area contributed by atoms with Crippen molar-refractivity contribution in [3.8, 4) is 23.0 Å². The standard InChI is InChI=1S/C18H16N2O3/c1-2-6-15(7-3-1)22-16-8-4-5-13(11-16)18-19-17(20-23-18)14-9-10-21-12-14/h1-8,11,14H,9-10,12H2/t14-/m0/s1. The molecular weight excluding hydrogens is 292 g/mol. The first-order chi connectivity index (χ1) is 11.4. The lowest BCUT2D eigenvalue weighted by Gasteiger charge is -2.05. The highest BCUT2D eigenvalue weighted by atomic mass is 16.5. The van der Waals surface area contributed by atoms with Crippen molar-refractivity contribution < 1.29 is 14.0 Å². The first kappa shape index (κ1) is 14.0. The van der Waals surface area contributed by atoms with Gasteiger partial charge in [-0.05, 0) is 36.8 Å². The van der Waals surface area contributed by atoms with Gasteiger partial charge >= 0.3 is 0 Å². The fraction of sp³-hybridized carbons (Fsp3) is 0.222. The van der Waals surface area contributed by atoms with Crippen molar-refractivity contribution in [1.82, 2.24) is 10.1 Å². The molecule has 0 amide bonds. The minimum absolute atomic E-state index is 0.233. The van der Waals surface area contributed by atoms with E-state index in [0.29, 0.717) is 18.3 Å². The number of rotatable bonds is 4. The first-order valence-corrected chi connectivity index (χ1v) is 7.63. The van der Waals surface area contributed by atoms with Crippen molar-refractivity contribution in [3.05, 3.63) is 60.4 Å². The van der Waals surface area contributed by atoms with Gasteiger partial charge in [-0.3, -0.25) is 0 Å². The molecule has 116 valence electrons. The molecule has 23 heavy (non-hydrogen) atoms. The van der Waals surface area contributed by atoms with Crippen LogP contribution in [0, 0.1) is 0 Å². The number of hydrogen-bond donors (Lipinski definition) is 0. The number of ether oxygens (including phenoxy) is 2. The van der Waals surface area contributed by atoms with Gasteiger partial charge in [-0.15, -0.1) is 0 Å². The van der Waals surface area contributed by atoms with Crippen LogP contribution in [0.4, 0.5) is 0 Å². The zero-order valence-electron chi connectivity index (χ0n) is 12.5. The number of aromatic nitrogens is 2. The summed E-state index contributed by atoms with van der Waals surface area (Å²) in [6.45, 7) is 1.42. The largest absolute Gasteiger partial charge is 0.457 e. The maximum Gasteiger partial charge on any atom is 0.258 e. The molecule has 0 N–H and O–H groups in total. The Balaban J connectivity index is 1.56. The SMILES string of the molecule is c1ccc(Oc2cccc(-c3nc([C@H]4CCOC4)no3)c2)cc1. The minimum Gasteiger partial charge on any atom is -0.457 e. The summed E-state index contributed by atoms with van der Waals surface area (Å²) in [6.07, 6.45) is 0.941. The number of para-hydroxylation sites is 1. The van der Waals surface area contributed by atoms with Crippen LogP contribution in [0.3, 0.4) is 0 Å². The molecule has 1 aliphatic rings. The number of benzene rings is 2. The molecule has 1 saturated heterocycles. The Bertz CT molecular complexity index is 780. The molecular formula is C18H16N2O3. The van der Waals surface area contributed by atoms with Gasteiger partial charge in [0.2, 0.25) is 0 Å². The zero-order chi connectivity index (χ0) is 15.5. The fourth-order valence-electron chi connectivity index (χ4n) is 2.57. The monoisotopic (exact) mass is 308 g/mol. The van der Waals surface area contributed by atoms with Crippen molar-refractivity contribution in [1.29, 1.82) is 0 Å². The van der Waals surface area contributed by atoms with E-state index in [2.05, 4.69) is 10.1 Å². The quantitative estimate of drug-likeness (QED) is 0.728. The van der Waals surface area contributed by atoms with E-state index < -0.39 is 0 Å². The minimum atomic E-state index is 0.233. The van der Waals surface area contributed by atoms with Gasteiger partial charge in [0.25, 0.3) is 5.89 Å². The van der Waals surface area contributed by atoms with Crippen molar-refractivity contribution in [3.63, 3.8) is 0 Å². The average molecular weight is 308 g/mol. The number of hydrogen-bond acceptors (Lipinski definition) is 5. The molecule has 2 aromatic carbocycles. The third kappa shape index (κ3) is 3.10. The van der Waals surface area contributed by atoms with Gasteiger partial charge in [0, 0.05) is 18.1 Å². The van der Waals surface area contributed by atoms with Crippen LogP contribution in [-0.2, 0) is 4.74 Å². The van der Waals surface area contributed by atoms with Crippen LogP contribution in [-0.4, -0.2) is 23.4 Å². The lowest BCUT2D eigenvalue weighted by molar-refractivity contribution is 0.192. The Morgan fingerprint density at radius 3 is 2.70 bits per heavy atom. The van der Waals surface area contributed by atoms with E-state index in [1.165, 1.54) is 0 Å². The summed E-state index contributed by atoms with van der Waals surface area (Å²) in [5, 5.41) is 4.08. The molecule has 0 aliphatic carbocycles. The summed E-state index contributed by atoms with van der Waals surface area (Å²) in [6, 6.07) is 17.3. The molecule has 0 saturated carbocycles. The summed E-state index contributed by atoms with van der Waals surface area (Å²) < 4.78 is 16.6. The van der Waals surface area contributed by atoms with E-state index in [1.807, 2.05) is 54.6 Å². The molecule has 0 unspecified atom stereocenters. The summed E-state index contributed by atoms with van der Waals surface area (Å²) in [7, 11) is 0. The predicted octanol–water partition coefficient (Wildman–Crippen LogP) is 4.03. The Hall–Kier alpha value is -2.66. The molecule has 0 bridgehead atoms. The topological polar surface area (TPSA) is 57.4 Å². The van der Waals surface area contributed by atoms with E-state index in [1.54, 1.807) is 0 Å². The molecule has 5 heteroatoms. The Kier molecular flexibility index (Phi) is 3.78. The van der Waals surface area contributed by atoms with Crippen LogP contribution in [0.25, 0.3) is 11.5 Å². The smallest absolute Gasteiger partial charge is 0.258 e. The third-order valence-corrected chi connectivity index (χ3v) is 3.80. The summed E-state index contributed by atoms with van der Waals surface area (Å²) in [5.74, 6) is 2.98. The predicted molar refractivity (Wildman–Crippen MR) is 84.4 cm³/mol. The molecule has 1 aromatic heterocycles. The van der Waals surface area contributed by atoms with Crippen molar-refractivity contribution >= 4 is 0 Å². The van der Waals surface area contributed by atoms with Crippen LogP contribution in [0.15, 0.2) is 59.1 Å². The van der Waals surface area contributed by atoms with Crippen LogP contribution in [0.5, 0.6) is 11.5 Å². The van der Waals surface area contributed by atoms with Crippen LogP contribution in [0.2, 0.25) is 0 Å². The molecule has 4 rings (SSSR count). The van der Waals surface area contributed by atoms with Gasteiger partial charge < -0.3 is 14.0 Å². The fourth-order valence-corrected chi connectivity index (χ4v) is 2.57. The van der Waals surface area contributed by atoms with Gasteiger partial charge in [-0.2, -0.15) is 4.98 Å². The molecule has 1 atom stereocenters. The molecule has 0 spiro atoms. The van der Waals surface area contributed by atoms with E-state index >= 15 is 0 Å². The maximum atomic E-state index is 5.84. The van der Waals surface area contributed by atoms with E-state index in [4.69, 9.17) is 14.0 Å². The lowest BCUT2D eigenvalue weighted by atomic mass is 10.1. The highest BCUT2D eigenvalue weighted by Crippen LogP contribution is 2.28. The van der Waals surface area contributed by atoms with Gasteiger partial charge in [0.05, 0.1) is 6.61 Å². The van der Waals surface area contributed by atoms with Crippen LogP contribution < -0.4 is 4.74 Å². The van der Waals surface area contributed by atoms with Gasteiger partial charge in [-0.1, -0.05) is 29.4 Å². The molecule has 0 radical (unpaired) electrons. The first-order valence-electron chi connectivity index (χ1n) is 7.63. The van der Waals surface area contributed by atoms with Crippen molar-refractivity contribution in [2.45, 2.75) is 12.3 Å². The highest BCUT2D eigenvalue weighted by molar-refractivity contribution is 5.56. The molecule has 3 aromatic rings. The van der Waals surface area contributed by atoms with E-state index in [9.17, 15) is 0 Å². The normalized spacial score (nSPS) is 17.3. The lowest BCUT2D eigenvalue weighted by Crippen LogP contribution is -1.99. The Morgan fingerprint density at radius 1 is 1.00 bits per heavy atom. The van der Waals surface area contributed by atoms with Gasteiger partial charge in [0.1, 0.15) is 11.5 Å². The summed E-state index contributed by atoms with van der Waals surface area (Å²) >= 11 is 0. The van der Waals surface area contributed by atoms with E-state index in [-0.39, 0.29) is 5.92 Å². The second-order valence-corrected chi connectivity index (χ2v) is 5.46. The molecule has 2 heterocycles. The summed E-state index contributed by atoms with van der Waals surface area (Å²) in [5.41, 5.74) is 0.844. The van der Waals surface area contributed by atoms with Gasteiger partial charge in [-0.25, -0.2) is 0 Å². The summed E-state index contributed by atoms with van der Waals surface area (Å²) in [4.78, 5) is 4.50. The highest BCUT2D eigenvalue weighted by Gasteiger charge is 2.23. The van der Waals surface area contributed by atoms with Gasteiger partial charge in [0.15, 0.2) is 5.82 Å². The Labute approximate surface area is 133 Å². The maximum absolute atomic E-state index is 5.84. The molecule has 1 aliphatic heterocycles. The average Bonchev–Trinajstić information content (AvgIpc) is 3.28. The van der Waals surface area contributed by atoms with E-state index in [0.717, 1.165) is 30.1 Å². The second-order valence-electron chi connectivity index (χ2n) is 5.46. The Morgan fingerprint density at radius 2 is 1.87 bits per heavy atom. The van der Waals surface area contributed by atoms with Crippen LogP contribution in [0.1, 0.15) is 18.2 Å².